The number of benzene rings is 1. The van der Waals surface area contributed by atoms with E-state index in [1.165, 1.54) is 0 Å². The Hall–Kier alpha value is -1.78. The molecule has 0 atom stereocenters. The van der Waals surface area contributed by atoms with Crippen LogP contribution in [-0.4, -0.2) is 41.9 Å². The summed E-state index contributed by atoms with van der Waals surface area (Å²) in [6.45, 7) is 3.80. The molecule has 0 saturated carbocycles. The Morgan fingerprint density at radius 1 is 0.913 bits per heavy atom. The minimum absolute atomic E-state index is 0.565. The van der Waals surface area contributed by atoms with Crippen LogP contribution in [0.25, 0.3) is 0 Å². The third-order valence-corrected chi connectivity index (χ3v) is 5.06. The summed E-state index contributed by atoms with van der Waals surface area (Å²) in [5, 5.41) is 1.16. The first kappa shape index (κ1) is 14.8. The van der Waals surface area contributed by atoms with Crippen LogP contribution in [0.1, 0.15) is 5.56 Å². The van der Waals surface area contributed by atoms with Crippen molar-refractivity contribution < 1.29 is 0 Å². The molecule has 2 aromatic rings. The number of pyridine rings is 1. The van der Waals surface area contributed by atoms with Gasteiger partial charge in [-0.2, -0.15) is 0 Å². The van der Waals surface area contributed by atoms with Crippen molar-refractivity contribution in [2.75, 3.05) is 31.1 Å². The molecule has 2 aliphatic rings. The van der Waals surface area contributed by atoms with E-state index in [9.17, 15) is 0 Å². The molecule has 1 saturated heterocycles. The SMILES string of the molecule is Clc1cc2c(cc1Cl)N=C(N1CCN(c3ccccn3)CC1)C2. The van der Waals surface area contributed by atoms with Gasteiger partial charge in [-0.1, -0.05) is 29.3 Å². The summed E-state index contributed by atoms with van der Waals surface area (Å²) in [5.41, 5.74) is 2.10. The van der Waals surface area contributed by atoms with Crippen LogP contribution in [0.5, 0.6) is 0 Å². The van der Waals surface area contributed by atoms with Crippen LogP contribution >= 0.6 is 23.2 Å². The molecule has 0 amide bonds. The van der Waals surface area contributed by atoms with Gasteiger partial charge in [-0.15, -0.1) is 0 Å². The number of anilines is 1. The third kappa shape index (κ3) is 2.89. The van der Waals surface area contributed by atoms with Crippen LogP contribution in [0, 0.1) is 0 Å². The first-order valence-corrected chi connectivity index (χ1v) is 8.43. The van der Waals surface area contributed by atoms with Crippen molar-refractivity contribution in [3.05, 3.63) is 52.1 Å². The van der Waals surface area contributed by atoms with Crippen molar-refractivity contribution in [1.29, 1.82) is 0 Å². The minimum Gasteiger partial charge on any atom is -0.356 e. The maximum Gasteiger partial charge on any atom is 0.128 e. The highest BCUT2D eigenvalue weighted by Crippen LogP contribution is 2.35. The molecule has 0 N–H and O–H groups in total. The lowest BCUT2D eigenvalue weighted by atomic mass is 10.1. The summed E-state index contributed by atoms with van der Waals surface area (Å²) >= 11 is 12.2. The topological polar surface area (TPSA) is 31.7 Å². The van der Waals surface area contributed by atoms with Crippen molar-refractivity contribution in [2.24, 2.45) is 4.99 Å². The number of aliphatic imine (C=N–C) groups is 1. The molecule has 3 heterocycles. The second kappa shape index (κ2) is 6.02. The van der Waals surface area contributed by atoms with E-state index in [4.69, 9.17) is 28.2 Å². The number of nitrogens with zero attached hydrogens (tertiary/aromatic N) is 4. The first-order chi connectivity index (χ1) is 11.2. The summed E-state index contributed by atoms with van der Waals surface area (Å²) in [5.74, 6) is 2.15. The summed E-state index contributed by atoms with van der Waals surface area (Å²) in [6.07, 6.45) is 2.67. The van der Waals surface area contributed by atoms with Crippen LogP contribution in [0.3, 0.4) is 0 Å². The number of fused-ring (bicyclic) bond motifs is 1. The van der Waals surface area contributed by atoms with Gasteiger partial charge < -0.3 is 9.80 Å². The molecule has 6 heteroatoms. The smallest absolute Gasteiger partial charge is 0.128 e. The number of rotatable bonds is 1. The highest BCUT2D eigenvalue weighted by atomic mass is 35.5. The molecule has 2 aliphatic heterocycles. The van der Waals surface area contributed by atoms with Gasteiger partial charge in [0.25, 0.3) is 0 Å². The van der Waals surface area contributed by atoms with Crippen LogP contribution < -0.4 is 4.90 Å². The Labute approximate surface area is 145 Å². The van der Waals surface area contributed by atoms with Gasteiger partial charge in [0.05, 0.1) is 15.7 Å². The monoisotopic (exact) mass is 346 g/mol. The van der Waals surface area contributed by atoms with E-state index in [0.717, 1.165) is 55.5 Å². The fraction of sp³-hybridized carbons (Fsp3) is 0.294. The lowest BCUT2D eigenvalue weighted by molar-refractivity contribution is 0.381. The number of amidine groups is 1. The van der Waals surface area contributed by atoms with E-state index in [1.54, 1.807) is 0 Å². The first-order valence-electron chi connectivity index (χ1n) is 7.67. The Morgan fingerprint density at radius 2 is 1.65 bits per heavy atom. The van der Waals surface area contributed by atoms with Crippen molar-refractivity contribution in [3.8, 4) is 0 Å². The summed E-state index contributed by atoms with van der Waals surface area (Å²) in [7, 11) is 0. The lowest BCUT2D eigenvalue weighted by Crippen LogP contribution is -2.49. The maximum atomic E-state index is 6.10. The number of piperazine rings is 1. The van der Waals surface area contributed by atoms with Gasteiger partial charge in [0.1, 0.15) is 11.7 Å². The highest BCUT2D eigenvalue weighted by Gasteiger charge is 2.25. The molecule has 1 aromatic heterocycles. The highest BCUT2D eigenvalue weighted by molar-refractivity contribution is 6.42. The average molecular weight is 347 g/mol. The molecule has 0 unspecified atom stereocenters. The quantitative estimate of drug-likeness (QED) is 0.787. The lowest BCUT2D eigenvalue weighted by Gasteiger charge is -2.36. The van der Waals surface area contributed by atoms with Gasteiger partial charge in [-0.25, -0.2) is 9.98 Å². The molecule has 1 aromatic carbocycles. The van der Waals surface area contributed by atoms with Gasteiger partial charge in [0.15, 0.2) is 0 Å². The standard InChI is InChI=1S/C17H16Cl2N4/c18-13-9-12-10-17(21-15(12)11-14(13)19)23-7-5-22(6-8-23)16-3-1-2-4-20-16/h1-4,9,11H,5-8,10H2. The zero-order valence-electron chi connectivity index (χ0n) is 12.5. The predicted octanol–water partition coefficient (Wildman–Crippen LogP) is 3.80. The van der Waals surface area contributed by atoms with Crippen molar-refractivity contribution in [1.82, 2.24) is 9.88 Å². The van der Waals surface area contributed by atoms with E-state index in [-0.39, 0.29) is 0 Å². The molecular weight excluding hydrogens is 331 g/mol. The van der Waals surface area contributed by atoms with Crippen molar-refractivity contribution in [3.63, 3.8) is 0 Å². The van der Waals surface area contributed by atoms with Crippen LogP contribution in [0.2, 0.25) is 10.0 Å². The van der Waals surface area contributed by atoms with Gasteiger partial charge >= 0.3 is 0 Å². The summed E-state index contributed by atoms with van der Waals surface area (Å²) < 4.78 is 0. The zero-order valence-corrected chi connectivity index (χ0v) is 14.1. The molecule has 4 nitrogen and oxygen atoms in total. The van der Waals surface area contributed by atoms with Gasteiger partial charge in [0, 0.05) is 38.8 Å². The number of hydrogen-bond acceptors (Lipinski definition) is 4. The molecule has 0 radical (unpaired) electrons. The summed E-state index contributed by atoms with van der Waals surface area (Å²) in [6, 6.07) is 9.82. The normalized spacial score (nSPS) is 17.2. The molecule has 0 spiro atoms. The van der Waals surface area contributed by atoms with Crippen LogP contribution in [-0.2, 0) is 6.42 Å². The molecule has 4 rings (SSSR count). The largest absolute Gasteiger partial charge is 0.356 e. The fourth-order valence-electron chi connectivity index (χ4n) is 3.09. The molecule has 0 aliphatic carbocycles. The zero-order chi connectivity index (χ0) is 15.8. The van der Waals surface area contributed by atoms with Crippen molar-refractivity contribution in [2.45, 2.75) is 6.42 Å². The van der Waals surface area contributed by atoms with Gasteiger partial charge in [-0.3, -0.25) is 0 Å². The predicted molar refractivity (Wildman–Crippen MR) is 95.3 cm³/mol. The van der Waals surface area contributed by atoms with Crippen molar-refractivity contribution >= 4 is 40.5 Å². The van der Waals surface area contributed by atoms with Gasteiger partial charge in [-0.05, 0) is 29.8 Å². The Morgan fingerprint density at radius 3 is 2.39 bits per heavy atom. The molecule has 0 bridgehead atoms. The van der Waals surface area contributed by atoms with E-state index < -0.39 is 0 Å². The number of aromatic nitrogens is 1. The number of halogens is 2. The van der Waals surface area contributed by atoms with E-state index >= 15 is 0 Å². The Kier molecular flexibility index (Phi) is 3.87. The fourth-order valence-corrected chi connectivity index (χ4v) is 3.43. The molecular formula is C17H16Cl2N4. The molecule has 1 fully saturated rings. The van der Waals surface area contributed by atoms with Crippen LogP contribution in [0.4, 0.5) is 11.5 Å². The van der Waals surface area contributed by atoms with Crippen LogP contribution in [0.15, 0.2) is 41.5 Å². The molecule has 118 valence electrons. The van der Waals surface area contributed by atoms with E-state index in [1.807, 2.05) is 30.5 Å². The van der Waals surface area contributed by atoms with E-state index in [2.05, 4.69) is 20.9 Å². The van der Waals surface area contributed by atoms with Gasteiger partial charge in [0.2, 0.25) is 0 Å². The summed E-state index contributed by atoms with van der Waals surface area (Å²) in [4.78, 5) is 13.8. The third-order valence-electron chi connectivity index (χ3n) is 4.34. The second-order valence-electron chi connectivity index (χ2n) is 5.76. The second-order valence-corrected chi connectivity index (χ2v) is 6.58. The molecule has 23 heavy (non-hydrogen) atoms. The Balaban J connectivity index is 1.45. The average Bonchev–Trinajstić information content (AvgIpc) is 2.99. The minimum atomic E-state index is 0.565. The van der Waals surface area contributed by atoms with E-state index in [0.29, 0.717) is 10.0 Å². The number of hydrogen-bond donors (Lipinski definition) is 0. The maximum absolute atomic E-state index is 6.10. The Bertz CT molecular complexity index is 753.